The molecule has 0 amide bonds. The standard InChI is InChI=1S/C7H8NO/c1-2-6(1)5-7-8-3-4-9-7/h4,6H,1-2,5H2. The average molecular weight is 122 g/mol. The summed E-state index contributed by atoms with van der Waals surface area (Å²) in [6.07, 6.45) is 7.87. The van der Waals surface area contributed by atoms with Gasteiger partial charge in [-0.3, -0.25) is 0 Å². The third-order valence-electron chi connectivity index (χ3n) is 1.60. The lowest BCUT2D eigenvalue weighted by atomic mass is 10.3. The summed E-state index contributed by atoms with van der Waals surface area (Å²) in [5, 5.41) is 0. The Labute approximate surface area is 53.9 Å². The van der Waals surface area contributed by atoms with Crippen molar-refractivity contribution in [1.82, 2.24) is 4.98 Å². The summed E-state index contributed by atoms with van der Waals surface area (Å²) in [5.41, 5.74) is 0. The van der Waals surface area contributed by atoms with Gasteiger partial charge in [-0.25, -0.2) is 4.98 Å². The first-order valence-corrected chi connectivity index (χ1v) is 3.25. The molecule has 1 fully saturated rings. The van der Waals surface area contributed by atoms with E-state index in [9.17, 15) is 0 Å². The minimum absolute atomic E-state index is 0.845. The van der Waals surface area contributed by atoms with Gasteiger partial charge in [-0.2, -0.15) is 0 Å². The highest BCUT2D eigenvalue weighted by atomic mass is 16.3. The summed E-state index contributed by atoms with van der Waals surface area (Å²) in [6, 6.07) is 0. The van der Waals surface area contributed by atoms with Crippen LogP contribution in [0.15, 0.2) is 10.7 Å². The maximum Gasteiger partial charge on any atom is 0.194 e. The molecule has 9 heavy (non-hydrogen) atoms. The van der Waals surface area contributed by atoms with Crippen molar-refractivity contribution in [2.24, 2.45) is 5.92 Å². The van der Waals surface area contributed by atoms with E-state index in [1.54, 1.807) is 0 Å². The smallest absolute Gasteiger partial charge is 0.194 e. The molecule has 1 aliphatic rings. The molecule has 0 aliphatic heterocycles. The summed E-state index contributed by atoms with van der Waals surface area (Å²) in [4.78, 5) is 3.90. The third-order valence-corrected chi connectivity index (χ3v) is 1.60. The molecule has 1 aromatic rings. The lowest BCUT2D eigenvalue weighted by Crippen LogP contribution is -1.84. The van der Waals surface area contributed by atoms with Gasteiger partial charge in [0.2, 0.25) is 0 Å². The minimum atomic E-state index is 0.845. The largest absolute Gasteiger partial charge is 0.448 e. The van der Waals surface area contributed by atoms with Gasteiger partial charge in [0.25, 0.3) is 0 Å². The topological polar surface area (TPSA) is 26.0 Å². The van der Waals surface area contributed by atoms with E-state index in [0.717, 1.165) is 18.2 Å². The van der Waals surface area contributed by atoms with Crippen LogP contribution < -0.4 is 0 Å². The Hall–Kier alpha value is -0.790. The second-order valence-electron chi connectivity index (χ2n) is 2.52. The SMILES string of the molecule is [c]1coc(CC2CC2)n1. The average Bonchev–Trinajstić information content (AvgIpc) is 2.46. The summed E-state index contributed by atoms with van der Waals surface area (Å²) >= 11 is 0. The van der Waals surface area contributed by atoms with Crippen molar-refractivity contribution in [2.45, 2.75) is 19.3 Å². The fourth-order valence-corrected chi connectivity index (χ4v) is 0.882. The van der Waals surface area contributed by atoms with E-state index < -0.39 is 0 Å². The van der Waals surface area contributed by atoms with Gasteiger partial charge in [0.05, 0.1) is 0 Å². The molecule has 2 rings (SSSR count). The monoisotopic (exact) mass is 122 g/mol. The van der Waals surface area contributed by atoms with Gasteiger partial charge in [-0.15, -0.1) is 0 Å². The Balaban J connectivity index is 1.99. The molecular weight excluding hydrogens is 114 g/mol. The zero-order valence-electron chi connectivity index (χ0n) is 5.13. The van der Waals surface area contributed by atoms with Crippen LogP contribution in [-0.2, 0) is 6.42 Å². The van der Waals surface area contributed by atoms with Crippen molar-refractivity contribution in [1.29, 1.82) is 0 Å². The van der Waals surface area contributed by atoms with Gasteiger partial charge in [-0.05, 0) is 18.8 Å². The predicted octanol–water partition coefficient (Wildman–Crippen LogP) is 1.43. The van der Waals surface area contributed by atoms with Crippen LogP contribution in [0.5, 0.6) is 0 Å². The van der Waals surface area contributed by atoms with E-state index in [1.807, 2.05) is 0 Å². The molecule has 1 saturated carbocycles. The molecule has 1 radical (unpaired) electrons. The molecule has 1 aliphatic carbocycles. The van der Waals surface area contributed by atoms with Crippen molar-refractivity contribution in [3.63, 3.8) is 0 Å². The molecule has 0 bridgehead atoms. The van der Waals surface area contributed by atoms with Crippen molar-refractivity contribution in [3.8, 4) is 0 Å². The van der Waals surface area contributed by atoms with Crippen LogP contribution in [0, 0.1) is 12.1 Å². The summed E-state index contributed by atoms with van der Waals surface area (Å²) in [5.74, 6) is 1.70. The van der Waals surface area contributed by atoms with Crippen LogP contribution in [0.2, 0.25) is 0 Å². The van der Waals surface area contributed by atoms with Crippen LogP contribution in [-0.4, -0.2) is 4.98 Å². The molecule has 0 atom stereocenters. The lowest BCUT2D eigenvalue weighted by Gasteiger charge is -1.86. The second-order valence-corrected chi connectivity index (χ2v) is 2.52. The van der Waals surface area contributed by atoms with Crippen LogP contribution in [0.1, 0.15) is 18.7 Å². The zero-order chi connectivity index (χ0) is 6.10. The summed E-state index contributed by atoms with van der Waals surface area (Å²) < 4.78 is 5.02. The molecular formula is C7H8NO. The van der Waals surface area contributed by atoms with Crippen LogP contribution in [0.4, 0.5) is 0 Å². The first-order valence-electron chi connectivity index (χ1n) is 3.25. The molecule has 47 valence electrons. The van der Waals surface area contributed by atoms with Crippen LogP contribution in [0.25, 0.3) is 0 Å². The zero-order valence-corrected chi connectivity index (χ0v) is 5.13. The normalized spacial score (nSPS) is 18.2. The first kappa shape index (κ1) is 5.03. The maximum absolute atomic E-state index is 5.02. The molecule has 1 aromatic heterocycles. The fraction of sp³-hybridized carbons (Fsp3) is 0.571. The Bertz CT molecular complexity index is 177. The van der Waals surface area contributed by atoms with Crippen molar-refractivity contribution in [3.05, 3.63) is 18.4 Å². The number of rotatable bonds is 2. The molecule has 2 heteroatoms. The minimum Gasteiger partial charge on any atom is -0.448 e. The molecule has 2 nitrogen and oxygen atoms in total. The van der Waals surface area contributed by atoms with E-state index in [1.165, 1.54) is 19.1 Å². The Kier molecular flexibility index (Phi) is 1.04. The van der Waals surface area contributed by atoms with Crippen molar-refractivity contribution >= 4 is 0 Å². The van der Waals surface area contributed by atoms with Crippen LogP contribution in [0.3, 0.4) is 0 Å². The molecule has 0 aromatic carbocycles. The number of hydrogen-bond acceptors (Lipinski definition) is 2. The number of oxazole rings is 1. The van der Waals surface area contributed by atoms with Gasteiger partial charge in [0.1, 0.15) is 12.5 Å². The highest BCUT2D eigenvalue weighted by molar-refractivity contribution is 4.87. The number of nitrogens with zero attached hydrogens (tertiary/aromatic N) is 1. The van der Waals surface area contributed by atoms with Gasteiger partial charge in [0, 0.05) is 6.42 Å². The predicted molar refractivity (Wildman–Crippen MR) is 31.8 cm³/mol. The summed E-state index contributed by atoms with van der Waals surface area (Å²) in [6.45, 7) is 0. The highest BCUT2D eigenvalue weighted by Crippen LogP contribution is 2.31. The Morgan fingerprint density at radius 3 is 3.22 bits per heavy atom. The van der Waals surface area contributed by atoms with E-state index in [4.69, 9.17) is 4.42 Å². The van der Waals surface area contributed by atoms with E-state index in [2.05, 4.69) is 11.2 Å². The molecule has 0 unspecified atom stereocenters. The second kappa shape index (κ2) is 1.87. The van der Waals surface area contributed by atoms with E-state index >= 15 is 0 Å². The third kappa shape index (κ3) is 1.12. The highest BCUT2D eigenvalue weighted by Gasteiger charge is 2.23. The van der Waals surface area contributed by atoms with Gasteiger partial charge < -0.3 is 4.42 Å². The number of aromatic nitrogens is 1. The van der Waals surface area contributed by atoms with Crippen molar-refractivity contribution < 1.29 is 4.42 Å². The van der Waals surface area contributed by atoms with Gasteiger partial charge in [-0.1, -0.05) is 0 Å². The molecule has 0 N–H and O–H groups in total. The number of hydrogen-bond donors (Lipinski definition) is 0. The fourth-order valence-electron chi connectivity index (χ4n) is 0.882. The van der Waals surface area contributed by atoms with Gasteiger partial charge in [0.15, 0.2) is 5.89 Å². The Morgan fingerprint density at radius 2 is 2.67 bits per heavy atom. The maximum atomic E-state index is 5.02. The van der Waals surface area contributed by atoms with E-state index in [-0.39, 0.29) is 0 Å². The molecule has 0 saturated heterocycles. The van der Waals surface area contributed by atoms with Gasteiger partial charge >= 0.3 is 0 Å². The molecule has 0 spiro atoms. The molecule has 1 heterocycles. The summed E-state index contributed by atoms with van der Waals surface area (Å²) in [7, 11) is 0. The van der Waals surface area contributed by atoms with Crippen molar-refractivity contribution in [2.75, 3.05) is 0 Å². The van der Waals surface area contributed by atoms with E-state index in [0.29, 0.717) is 0 Å². The van der Waals surface area contributed by atoms with Crippen LogP contribution >= 0.6 is 0 Å². The Morgan fingerprint density at radius 1 is 1.78 bits per heavy atom. The first-order chi connectivity index (χ1) is 4.45. The quantitative estimate of drug-likeness (QED) is 0.593. The lowest BCUT2D eigenvalue weighted by molar-refractivity contribution is 0.482.